The molecule has 2 aromatic heterocycles. The van der Waals surface area contributed by atoms with Crippen molar-refractivity contribution in [1.29, 1.82) is 0 Å². The van der Waals surface area contributed by atoms with Crippen molar-refractivity contribution in [2.24, 2.45) is 0 Å². The third-order valence-corrected chi connectivity index (χ3v) is 6.34. The van der Waals surface area contributed by atoms with Crippen molar-refractivity contribution in [1.82, 2.24) is 29.4 Å². The summed E-state index contributed by atoms with van der Waals surface area (Å²) in [6, 6.07) is 7.88. The lowest BCUT2D eigenvalue weighted by molar-refractivity contribution is -0.133. The molecular formula is C24H31N7O2. The minimum absolute atomic E-state index is 0.0161. The van der Waals surface area contributed by atoms with Crippen LogP contribution in [0.1, 0.15) is 35.9 Å². The van der Waals surface area contributed by atoms with Gasteiger partial charge in [0.25, 0.3) is 5.78 Å². The highest BCUT2D eigenvalue weighted by Gasteiger charge is 2.23. The lowest BCUT2D eigenvalue weighted by atomic mass is 10.1. The number of anilines is 1. The zero-order chi connectivity index (χ0) is 23.4. The van der Waals surface area contributed by atoms with Crippen molar-refractivity contribution in [3.63, 3.8) is 0 Å². The van der Waals surface area contributed by atoms with Crippen molar-refractivity contribution in [2.45, 2.75) is 40.0 Å². The van der Waals surface area contributed by atoms with Crippen LogP contribution in [-0.2, 0) is 22.4 Å². The first-order valence-corrected chi connectivity index (χ1v) is 11.5. The highest BCUT2D eigenvalue weighted by molar-refractivity contribution is 5.93. The van der Waals surface area contributed by atoms with Crippen molar-refractivity contribution in [3.8, 4) is 0 Å². The first-order valence-electron chi connectivity index (χ1n) is 11.5. The van der Waals surface area contributed by atoms with Gasteiger partial charge in [0.1, 0.15) is 6.33 Å². The smallest absolute Gasteiger partial charge is 0.252 e. The van der Waals surface area contributed by atoms with Gasteiger partial charge in [-0.3, -0.25) is 14.5 Å². The number of carbonyl (C=O) groups is 2. The number of aryl methyl sites for hydroxylation is 3. The van der Waals surface area contributed by atoms with E-state index in [0.717, 1.165) is 34.6 Å². The number of aromatic nitrogens is 4. The van der Waals surface area contributed by atoms with Crippen LogP contribution in [0.25, 0.3) is 5.78 Å². The summed E-state index contributed by atoms with van der Waals surface area (Å²) in [5, 5.41) is 7.24. The molecule has 0 bridgehead atoms. The second kappa shape index (κ2) is 10.1. The second-order valence-corrected chi connectivity index (χ2v) is 8.45. The van der Waals surface area contributed by atoms with E-state index < -0.39 is 0 Å². The zero-order valence-electron chi connectivity index (χ0n) is 19.5. The second-order valence-electron chi connectivity index (χ2n) is 8.45. The number of rotatable bonds is 7. The third kappa shape index (κ3) is 5.19. The average molecular weight is 450 g/mol. The van der Waals surface area contributed by atoms with Gasteiger partial charge in [0, 0.05) is 49.7 Å². The Hall–Kier alpha value is -3.33. The fourth-order valence-corrected chi connectivity index (χ4v) is 4.41. The molecule has 1 aromatic carbocycles. The number of hydrogen-bond donors (Lipinski definition) is 1. The van der Waals surface area contributed by atoms with Gasteiger partial charge in [0.15, 0.2) is 0 Å². The standard InChI is InChI=1S/C24H31N7O2/c1-4-19-7-5-6-8-21(19)28-22(32)15-29-11-13-30(14-12-29)23(33)10-9-20-17(2)27-24-25-16-26-31(24)18(20)3/h5-8,16H,4,9-15H2,1-3H3,(H,28,32). The lowest BCUT2D eigenvalue weighted by Crippen LogP contribution is -2.50. The molecule has 33 heavy (non-hydrogen) atoms. The van der Waals surface area contributed by atoms with E-state index in [2.05, 4.69) is 32.2 Å². The van der Waals surface area contributed by atoms with Crippen molar-refractivity contribution in [2.75, 3.05) is 38.0 Å². The molecule has 9 nitrogen and oxygen atoms in total. The lowest BCUT2D eigenvalue weighted by Gasteiger charge is -2.34. The SMILES string of the molecule is CCc1ccccc1NC(=O)CN1CCN(C(=O)CCc2c(C)nc3ncnn3c2C)CC1. The average Bonchev–Trinajstić information content (AvgIpc) is 3.28. The summed E-state index contributed by atoms with van der Waals surface area (Å²) in [5.41, 5.74) is 4.92. The van der Waals surface area contributed by atoms with E-state index in [4.69, 9.17) is 0 Å². The number of benzene rings is 1. The molecule has 0 saturated carbocycles. The Balaban J connectivity index is 1.26. The van der Waals surface area contributed by atoms with Crippen LogP contribution in [-0.4, -0.2) is 73.9 Å². The van der Waals surface area contributed by atoms with Crippen molar-refractivity contribution in [3.05, 3.63) is 53.1 Å². The molecule has 0 unspecified atom stereocenters. The zero-order valence-corrected chi connectivity index (χ0v) is 19.5. The van der Waals surface area contributed by atoms with Gasteiger partial charge >= 0.3 is 0 Å². The van der Waals surface area contributed by atoms with Crippen molar-refractivity contribution >= 4 is 23.3 Å². The van der Waals surface area contributed by atoms with E-state index in [-0.39, 0.29) is 11.8 Å². The predicted octanol–water partition coefficient (Wildman–Crippen LogP) is 2.02. The number of piperazine rings is 1. The molecule has 1 fully saturated rings. The molecule has 3 aromatic rings. The fraction of sp³-hybridized carbons (Fsp3) is 0.458. The Morgan fingerprint density at radius 1 is 1.09 bits per heavy atom. The number of hydrogen-bond acceptors (Lipinski definition) is 6. The number of para-hydroxylation sites is 1. The van der Waals surface area contributed by atoms with Crippen LogP contribution in [0.4, 0.5) is 5.69 Å². The van der Waals surface area contributed by atoms with E-state index >= 15 is 0 Å². The highest BCUT2D eigenvalue weighted by Crippen LogP contribution is 2.17. The minimum atomic E-state index is -0.0161. The molecule has 1 aliphatic heterocycles. The highest BCUT2D eigenvalue weighted by atomic mass is 16.2. The largest absolute Gasteiger partial charge is 0.340 e. The van der Waals surface area contributed by atoms with Crippen LogP contribution in [0.2, 0.25) is 0 Å². The topological polar surface area (TPSA) is 95.7 Å². The first kappa shape index (κ1) is 22.8. The summed E-state index contributed by atoms with van der Waals surface area (Å²) in [6.45, 7) is 9.00. The Morgan fingerprint density at radius 3 is 2.61 bits per heavy atom. The molecule has 174 valence electrons. The molecule has 4 rings (SSSR count). The predicted molar refractivity (Wildman–Crippen MR) is 126 cm³/mol. The molecule has 0 aliphatic carbocycles. The normalized spacial score (nSPS) is 14.6. The van der Waals surface area contributed by atoms with Crippen LogP contribution in [0.5, 0.6) is 0 Å². The summed E-state index contributed by atoms with van der Waals surface area (Å²) in [4.78, 5) is 38.0. The molecule has 2 amide bonds. The van der Waals surface area contributed by atoms with E-state index in [1.165, 1.54) is 6.33 Å². The summed E-state index contributed by atoms with van der Waals surface area (Å²) in [7, 11) is 0. The Labute approximate surface area is 193 Å². The third-order valence-electron chi connectivity index (χ3n) is 6.34. The van der Waals surface area contributed by atoms with Gasteiger partial charge in [-0.25, -0.2) is 9.50 Å². The molecule has 1 N–H and O–H groups in total. The van der Waals surface area contributed by atoms with Crippen LogP contribution in [0.3, 0.4) is 0 Å². The van der Waals surface area contributed by atoms with Crippen molar-refractivity contribution < 1.29 is 9.59 Å². The molecule has 0 spiro atoms. The molecule has 1 saturated heterocycles. The molecule has 0 radical (unpaired) electrons. The number of nitrogens with one attached hydrogen (secondary N) is 1. The minimum Gasteiger partial charge on any atom is -0.340 e. The van der Waals surface area contributed by atoms with Gasteiger partial charge in [-0.05, 0) is 43.9 Å². The van der Waals surface area contributed by atoms with Gasteiger partial charge in [-0.1, -0.05) is 25.1 Å². The maximum atomic E-state index is 12.8. The number of nitrogens with zero attached hydrogens (tertiary/aromatic N) is 6. The van der Waals surface area contributed by atoms with Gasteiger partial charge < -0.3 is 10.2 Å². The Bertz CT molecular complexity index is 1150. The molecule has 0 atom stereocenters. The molecule has 9 heteroatoms. The van der Waals surface area contributed by atoms with Gasteiger partial charge in [0.2, 0.25) is 11.8 Å². The number of fused-ring (bicyclic) bond motifs is 1. The van der Waals surface area contributed by atoms with Crippen LogP contribution >= 0.6 is 0 Å². The van der Waals surface area contributed by atoms with Gasteiger partial charge in [-0.2, -0.15) is 10.1 Å². The van der Waals surface area contributed by atoms with E-state index in [1.807, 2.05) is 43.0 Å². The number of amides is 2. The van der Waals surface area contributed by atoms with Crippen LogP contribution in [0, 0.1) is 13.8 Å². The maximum Gasteiger partial charge on any atom is 0.252 e. The number of carbonyl (C=O) groups excluding carboxylic acids is 2. The van der Waals surface area contributed by atoms with Gasteiger partial charge in [0.05, 0.1) is 6.54 Å². The van der Waals surface area contributed by atoms with E-state index in [9.17, 15) is 9.59 Å². The van der Waals surface area contributed by atoms with Crippen LogP contribution < -0.4 is 5.32 Å². The quantitative estimate of drug-likeness (QED) is 0.593. The molecule has 3 heterocycles. The van der Waals surface area contributed by atoms with Gasteiger partial charge in [-0.15, -0.1) is 0 Å². The summed E-state index contributed by atoms with van der Waals surface area (Å²) in [5.74, 6) is 0.699. The Kier molecular flexibility index (Phi) is 6.98. The summed E-state index contributed by atoms with van der Waals surface area (Å²) >= 11 is 0. The monoisotopic (exact) mass is 449 g/mol. The fourth-order valence-electron chi connectivity index (χ4n) is 4.41. The Morgan fingerprint density at radius 2 is 1.85 bits per heavy atom. The van der Waals surface area contributed by atoms with E-state index in [1.54, 1.807) is 4.52 Å². The molecular weight excluding hydrogens is 418 g/mol. The van der Waals surface area contributed by atoms with Crippen LogP contribution in [0.15, 0.2) is 30.6 Å². The summed E-state index contributed by atoms with van der Waals surface area (Å²) in [6.07, 6.45) is 3.42. The first-order chi connectivity index (χ1) is 16.0. The summed E-state index contributed by atoms with van der Waals surface area (Å²) < 4.78 is 1.72. The molecule has 1 aliphatic rings. The van der Waals surface area contributed by atoms with E-state index in [0.29, 0.717) is 51.3 Å². The maximum absolute atomic E-state index is 12.8.